The zero-order valence-corrected chi connectivity index (χ0v) is 18.5. The number of ether oxygens (including phenoxy) is 2. The van der Waals surface area contributed by atoms with Crippen LogP contribution in [0, 0.1) is 0 Å². The minimum Gasteiger partial charge on any atom is -0.413 e. The summed E-state index contributed by atoms with van der Waals surface area (Å²) in [5, 5.41) is 9.95. The van der Waals surface area contributed by atoms with Gasteiger partial charge in [-0.15, -0.1) is 6.58 Å². The number of rotatable bonds is 13. The molecule has 0 aliphatic heterocycles. The molecule has 2 atom stereocenters. The van der Waals surface area contributed by atoms with Crippen LogP contribution in [0.25, 0.3) is 0 Å². The summed E-state index contributed by atoms with van der Waals surface area (Å²) in [7, 11) is -0.377. The lowest BCUT2D eigenvalue weighted by atomic mass is 10.1. The Labute approximate surface area is 156 Å². The fourth-order valence-corrected chi connectivity index (χ4v) is 9.20. The molecule has 0 aromatic carbocycles. The maximum absolute atomic E-state index is 9.95. The molecule has 0 amide bonds. The van der Waals surface area contributed by atoms with Crippen molar-refractivity contribution in [1.82, 2.24) is 0 Å². The molecule has 0 fully saturated rings. The Morgan fingerprint density at radius 3 is 2.00 bits per heavy atom. The van der Waals surface area contributed by atoms with E-state index < -0.39 is 20.0 Å². The van der Waals surface area contributed by atoms with Gasteiger partial charge in [0.15, 0.2) is 8.32 Å². The molecule has 0 bridgehead atoms. The minimum absolute atomic E-state index is 0.182. The third-order valence-corrected chi connectivity index (χ3v) is 11.0. The van der Waals surface area contributed by atoms with Crippen molar-refractivity contribution in [3.05, 3.63) is 24.8 Å². The highest BCUT2D eigenvalue weighted by atomic mass is 28.4. The summed E-state index contributed by atoms with van der Waals surface area (Å²) < 4.78 is 17.7. The highest BCUT2D eigenvalue weighted by Crippen LogP contribution is 2.42. The van der Waals surface area contributed by atoms with Crippen LogP contribution in [0.5, 0.6) is 0 Å². The van der Waals surface area contributed by atoms with E-state index in [0.29, 0.717) is 29.7 Å². The number of methoxy groups -OCH3 is 1. The summed E-state index contributed by atoms with van der Waals surface area (Å²) in [5.74, 6) is 0. The van der Waals surface area contributed by atoms with Crippen LogP contribution < -0.4 is 0 Å². The molecule has 5 heteroatoms. The van der Waals surface area contributed by atoms with Crippen LogP contribution in [0.1, 0.15) is 54.9 Å². The van der Waals surface area contributed by atoms with Gasteiger partial charge in [-0.25, -0.2) is 0 Å². The highest BCUT2D eigenvalue weighted by Gasteiger charge is 2.46. The van der Waals surface area contributed by atoms with Crippen molar-refractivity contribution in [2.45, 2.75) is 83.2 Å². The molecule has 0 rings (SSSR count). The Morgan fingerprint density at radius 1 is 1.08 bits per heavy atom. The molecule has 0 heterocycles. The molecule has 148 valence electrons. The van der Waals surface area contributed by atoms with Crippen LogP contribution in [0.3, 0.4) is 0 Å². The lowest BCUT2D eigenvalue weighted by molar-refractivity contribution is -0.115. The molecule has 0 radical (unpaired) electrons. The van der Waals surface area contributed by atoms with Gasteiger partial charge in [-0.3, -0.25) is 0 Å². The van der Waals surface area contributed by atoms with Crippen LogP contribution >= 0.6 is 0 Å². The second-order valence-electron chi connectivity index (χ2n) is 7.92. The summed E-state index contributed by atoms with van der Waals surface area (Å²) in [6.07, 6.45) is 5.29. The van der Waals surface area contributed by atoms with Crippen molar-refractivity contribution < 1.29 is 19.0 Å². The monoisotopic (exact) mass is 372 g/mol. The molecule has 0 aromatic rings. The second kappa shape index (κ2) is 11.3. The van der Waals surface area contributed by atoms with Crippen molar-refractivity contribution in [1.29, 1.82) is 0 Å². The van der Waals surface area contributed by atoms with Crippen LogP contribution in [-0.4, -0.2) is 45.6 Å². The lowest BCUT2D eigenvalue weighted by Crippen LogP contribution is -2.51. The zero-order chi connectivity index (χ0) is 19.7. The van der Waals surface area contributed by atoms with Gasteiger partial charge in [0.05, 0.1) is 12.7 Å². The van der Waals surface area contributed by atoms with Crippen LogP contribution in [0.2, 0.25) is 16.6 Å². The lowest BCUT2D eigenvalue weighted by Gasteiger charge is -2.44. The molecule has 1 N–H and O–H groups in total. The second-order valence-corrected chi connectivity index (χ2v) is 13.4. The normalized spacial score (nSPS) is 16.8. The van der Waals surface area contributed by atoms with Gasteiger partial charge in [-0.05, 0) is 30.0 Å². The van der Waals surface area contributed by atoms with Crippen LogP contribution in [0.15, 0.2) is 24.8 Å². The molecule has 25 heavy (non-hydrogen) atoms. The smallest absolute Gasteiger partial charge is 0.200 e. The summed E-state index contributed by atoms with van der Waals surface area (Å²) >= 11 is 0. The molecule has 0 saturated carbocycles. The maximum Gasteiger partial charge on any atom is 0.200 e. The summed E-state index contributed by atoms with van der Waals surface area (Å²) in [5.41, 5.74) is 0.883. The van der Waals surface area contributed by atoms with Crippen molar-refractivity contribution in [2.75, 3.05) is 20.5 Å². The third kappa shape index (κ3) is 7.35. The molecule has 4 nitrogen and oxygen atoms in total. The van der Waals surface area contributed by atoms with E-state index in [1.807, 2.05) is 13.0 Å². The number of aliphatic hydroxyl groups excluding tert-OH is 1. The van der Waals surface area contributed by atoms with E-state index in [1.165, 1.54) is 0 Å². The zero-order valence-electron chi connectivity index (χ0n) is 17.5. The first-order valence-electron chi connectivity index (χ1n) is 9.30. The molecule has 0 aliphatic carbocycles. The van der Waals surface area contributed by atoms with Crippen molar-refractivity contribution in [3.8, 4) is 0 Å². The predicted molar refractivity (Wildman–Crippen MR) is 108 cm³/mol. The predicted octanol–water partition coefficient (Wildman–Crippen LogP) is 5.05. The maximum atomic E-state index is 9.95. The quantitative estimate of drug-likeness (QED) is 0.279. The molecule has 0 saturated heterocycles. The standard InChI is InChI=1S/C20H40O4Si/c1-10-11-19(21)12-13-20(8,23-15-22-9)14-24-25(16(2)3,17(4)5)18(6)7/h10,12-13,16-19,21H,1,11,14-15H2,2-9H3/b13-12+/t19-,20-/m1/s1. The van der Waals surface area contributed by atoms with Gasteiger partial charge in [0.1, 0.15) is 12.4 Å². The molecule has 0 aromatic heterocycles. The van der Waals surface area contributed by atoms with Gasteiger partial charge < -0.3 is 19.0 Å². The Kier molecular flexibility index (Phi) is 11.1. The summed E-state index contributed by atoms with van der Waals surface area (Å²) in [6.45, 7) is 19.9. The minimum atomic E-state index is -1.98. The average Bonchev–Trinajstić information content (AvgIpc) is 2.51. The Bertz CT molecular complexity index is 385. The van der Waals surface area contributed by atoms with Gasteiger partial charge in [0.2, 0.25) is 0 Å². The number of hydrogen-bond donors (Lipinski definition) is 1. The first-order valence-corrected chi connectivity index (χ1v) is 11.4. The van der Waals surface area contributed by atoms with E-state index in [-0.39, 0.29) is 6.79 Å². The van der Waals surface area contributed by atoms with Crippen molar-refractivity contribution in [3.63, 3.8) is 0 Å². The fourth-order valence-electron chi connectivity index (χ4n) is 3.66. The molecular formula is C20H40O4Si. The molecule has 0 unspecified atom stereocenters. The Morgan fingerprint density at radius 2 is 1.60 bits per heavy atom. The fraction of sp³-hybridized carbons (Fsp3) is 0.800. The van der Waals surface area contributed by atoms with Gasteiger partial charge in [0, 0.05) is 7.11 Å². The molecule has 0 spiro atoms. The van der Waals surface area contributed by atoms with E-state index in [0.717, 1.165) is 0 Å². The van der Waals surface area contributed by atoms with Crippen molar-refractivity contribution >= 4 is 8.32 Å². The van der Waals surface area contributed by atoms with E-state index in [4.69, 9.17) is 13.9 Å². The van der Waals surface area contributed by atoms with E-state index in [9.17, 15) is 5.11 Å². The Balaban J connectivity index is 5.38. The molecular weight excluding hydrogens is 332 g/mol. The van der Waals surface area contributed by atoms with E-state index in [2.05, 4.69) is 48.1 Å². The Hall–Kier alpha value is -0.463. The first kappa shape index (κ1) is 24.5. The average molecular weight is 373 g/mol. The van der Waals surface area contributed by atoms with Crippen LogP contribution in [-0.2, 0) is 13.9 Å². The largest absolute Gasteiger partial charge is 0.413 e. The van der Waals surface area contributed by atoms with Gasteiger partial charge in [0.25, 0.3) is 0 Å². The summed E-state index contributed by atoms with van der Waals surface area (Å²) in [4.78, 5) is 0. The van der Waals surface area contributed by atoms with Crippen LogP contribution in [0.4, 0.5) is 0 Å². The van der Waals surface area contributed by atoms with Crippen molar-refractivity contribution in [2.24, 2.45) is 0 Å². The van der Waals surface area contributed by atoms with Gasteiger partial charge >= 0.3 is 0 Å². The van der Waals surface area contributed by atoms with E-state index in [1.54, 1.807) is 19.3 Å². The van der Waals surface area contributed by atoms with Gasteiger partial charge in [-0.2, -0.15) is 0 Å². The third-order valence-electron chi connectivity index (χ3n) is 4.90. The number of aliphatic hydroxyl groups is 1. The SMILES string of the molecule is C=CC[C@@H](O)/C=C/[C@](C)(CO[Si](C(C)C)(C(C)C)C(C)C)OCOC. The highest BCUT2D eigenvalue weighted by molar-refractivity contribution is 6.77. The first-order chi connectivity index (χ1) is 11.6. The topological polar surface area (TPSA) is 47.9 Å². The van der Waals surface area contributed by atoms with Gasteiger partial charge in [-0.1, -0.05) is 59.8 Å². The molecule has 0 aliphatic rings. The van der Waals surface area contributed by atoms with E-state index >= 15 is 0 Å². The summed E-state index contributed by atoms with van der Waals surface area (Å²) in [6, 6.07) is 0. The number of hydrogen-bond acceptors (Lipinski definition) is 4.